The predicted octanol–water partition coefficient (Wildman–Crippen LogP) is 3.62. The SMILES string of the molecule is Cc1sc(CCNC(=O)c2ccc(N3CCNC3=O)cc2)nc1-c1ccccc1. The molecule has 3 amide bonds. The van der Waals surface area contributed by atoms with E-state index in [0.29, 0.717) is 31.6 Å². The maximum absolute atomic E-state index is 12.4. The van der Waals surface area contributed by atoms with E-state index in [1.807, 2.05) is 18.2 Å². The molecule has 0 unspecified atom stereocenters. The average Bonchev–Trinajstić information content (AvgIpc) is 3.34. The summed E-state index contributed by atoms with van der Waals surface area (Å²) in [6.07, 6.45) is 0.691. The summed E-state index contributed by atoms with van der Waals surface area (Å²) in [4.78, 5) is 31.7. The minimum absolute atomic E-state index is 0.101. The molecule has 1 fully saturated rings. The molecular formula is C22H22N4O2S. The van der Waals surface area contributed by atoms with Gasteiger partial charge in [0.05, 0.1) is 10.7 Å². The molecule has 0 saturated carbocycles. The number of nitrogens with zero attached hydrogens (tertiary/aromatic N) is 2. The number of anilines is 1. The van der Waals surface area contributed by atoms with Crippen LogP contribution in [0.4, 0.5) is 10.5 Å². The molecule has 1 aliphatic rings. The Morgan fingerprint density at radius 1 is 1.17 bits per heavy atom. The van der Waals surface area contributed by atoms with Crippen LogP contribution in [0.2, 0.25) is 0 Å². The lowest BCUT2D eigenvalue weighted by molar-refractivity contribution is 0.0954. The largest absolute Gasteiger partial charge is 0.352 e. The van der Waals surface area contributed by atoms with E-state index < -0.39 is 0 Å². The van der Waals surface area contributed by atoms with Gasteiger partial charge in [-0.15, -0.1) is 11.3 Å². The van der Waals surface area contributed by atoms with Crippen molar-refractivity contribution in [2.24, 2.45) is 0 Å². The second kappa shape index (κ2) is 8.45. The van der Waals surface area contributed by atoms with Crippen LogP contribution >= 0.6 is 11.3 Å². The highest BCUT2D eigenvalue weighted by molar-refractivity contribution is 7.12. The van der Waals surface area contributed by atoms with Gasteiger partial charge in [-0.1, -0.05) is 30.3 Å². The normalized spacial score (nSPS) is 13.4. The molecule has 1 saturated heterocycles. The first kappa shape index (κ1) is 19.1. The van der Waals surface area contributed by atoms with Crippen LogP contribution in [0.1, 0.15) is 20.2 Å². The Bertz CT molecular complexity index is 1020. The maximum atomic E-state index is 12.4. The Labute approximate surface area is 173 Å². The van der Waals surface area contributed by atoms with Crippen molar-refractivity contribution in [2.75, 3.05) is 24.5 Å². The third kappa shape index (κ3) is 4.30. The van der Waals surface area contributed by atoms with Gasteiger partial charge in [-0.25, -0.2) is 9.78 Å². The fraction of sp³-hybridized carbons (Fsp3) is 0.227. The zero-order valence-electron chi connectivity index (χ0n) is 16.1. The number of hydrogen-bond donors (Lipinski definition) is 2. The van der Waals surface area contributed by atoms with Gasteiger partial charge in [0.2, 0.25) is 0 Å². The van der Waals surface area contributed by atoms with Crippen molar-refractivity contribution in [3.63, 3.8) is 0 Å². The lowest BCUT2D eigenvalue weighted by Gasteiger charge is -2.14. The van der Waals surface area contributed by atoms with Gasteiger partial charge in [-0.3, -0.25) is 9.69 Å². The highest BCUT2D eigenvalue weighted by atomic mass is 32.1. The number of thiazole rings is 1. The molecular weight excluding hydrogens is 384 g/mol. The van der Waals surface area contributed by atoms with Crippen molar-refractivity contribution in [1.29, 1.82) is 0 Å². The van der Waals surface area contributed by atoms with E-state index in [2.05, 4.69) is 29.7 Å². The van der Waals surface area contributed by atoms with Gasteiger partial charge in [0, 0.05) is 47.7 Å². The third-order valence-corrected chi connectivity index (χ3v) is 5.84. The number of nitrogens with one attached hydrogen (secondary N) is 2. The van der Waals surface area contributed by atoms with Gasteiger partial charge in [-0.2, -0.15) is 0 Å². The average molecular weight is 407 g/mol. The molecule has 148 valence electrons. The molecule has 6 nitrogen and oxygen atoms in total. The third-order valence-electron chi connectivity index (χ3n) is 4.81. The smallest absolute Gasteiger partial charge is 0.321 e. The molecule has 1 aliphatic heterocycles. The minimum Gasteiger partial charge on any atom is -0.352 e. The van der Waals surface area contributed by atoms with Gasteiger partial charge < -0.3 is 10.6 Å². The van der Waals surface area contributed by atoms with Crippen LogP contribution in [-0.4, -0.2) is 36.6 Å². The number of rotatable bonds is 6. The van der Waals surface area contributed by atoms with Gasteiger partial charge in [-0.05, 0) is 31.2 Å². The van der Waals surface area contributed by atoms with Crippen LogP contribution in [-0.2, 0) is 6.42 Å². The van der Waals surface area contributed by atoms with Crippen molar-refractivity contribution in [2.45, 2.75) is 13.3 Å². The van der Waals surface area contributed by atoms with E-state index in [4.69, 9.17) is 4.98 Å². The first-order valence-corrected chi connectivity index (χ1v) is 10.4. The first-order chi connectivity index (χ1) is 14.1. The Morgan fingerprint density at radius 2 is 1.93 bits per heavy atom. The summed E-state index contributed by atoms with van der Waals surface area (Å²) < 4.78 is 0. The zero-order valence-corrected chi connectivity index (χ0v) is 17.0. The Kier molecular flexibility index (Phi) is 5.57. The number of aryl methyl sites for hydroxylation is 1. The second-order valence-electron chi connectivity index (χ2n) is 6.81. The van der Waals surface area contributed by atoms with Crippen molar-refractivity contribution < 1.29 is 9.59 Å². The Hall–Kier alpha value is -3.19. The molecule has 0 bridgehead atoms. The van der Waals surface area contributed by atoms with E-state index in [1.54, 1.807) is 40.5 Å². The summed E-state index contributed by atoms with van der Waals surface area (Å²) in [5.41, 5.74) is 3.50. The lowest BCUT2D eigenvalue weighted by Crippen LogP contribution is -2.28. The van der Waals surface area contributed by atoms with E-state index in [0.717, 1.165) is 22.0 Å². The molecule has 4 rings (SSSR count). The fourth-order valence-electron chi connectivity index (χ4n) is 3.32. The number of benzene rings is 2. The summed E-state index contributed by atoms with van der Waals surface area (Å²) >= 11 is 1.67. The number of urea groups is 1. The Morgan fingerprint density at radius 3 is 2.62 bits per heavy atom. The van der Waals surface area contributed by atoms with Crippen LogP contribution in [0.3, 0.4) is 0 Å². The summed E-state index contributed by atoms with van der Waals surface area (Å²) in [5, 5.41) is 6.73. The molecule has 2 aromatic carbocycles. The van der Waals surface area contributed by atoms with E-state index in [9.17, 15) is 9.59 Å². The van der Waals surface area contributed by atoms with E-state index in [1.165, 1.54) is 4.88 Å². The summed E-state index contributed by atoms with van der Waals surface area (Å²) in [5.74, 6) is -0.126. The molecule has 0 atom stereocenters. The number of carbonyl (C=O) groups excluding carboxylic acids is 2. The van der Waals surface area contributed by atoms with Crippen molar-refractivity contribution in [3.05, 3.63) is 70.0 Å². The van der Waals surface area contributed by atoms with Crippen LogP contribution in [0.25, 0.3) is 11.3 Å². The summed E-state index contributed by atoms with van der Waals surface area (Å²) in [7, 11) is 0. The summed E-state index contributed by atoms with van der Waals surface area (Å²) in [6, 6.07) is 17.1. The monoisotopic (exact) mass is 406 g/mol. The number of carbonyl (C=O) groups is 2. The number of hydrogen-bond acceptors (Lipinski definition) is 4. The topological polar surface area (TPSA) is 74.3 Å². The van der Waals surface area contributed by atoms with Gasteiger partial charge in [0.25, 0.3) is 5.91 Å². The Balaban J connectivity index is 1.33. The van der Waals surface area contributed by atoms with Gasteiger partial charge in [0.1, 0.15) is 0 Å². The molecule has 2 heterocycles. The van der Waals surface area contributed by atoms with Crippen LogP contribution in [0.15, 0.2) is 54.6 Å². The van der Waals surface area contributed by atoms with Gasteiger partial charge in [0.15, 0.2) is 0 Å². The highest BCUT2D eigenvalue weighted by Crippen LogP contribution is 2.27. The molecule has 0 spiro atoms. The predicted molar refractivity (Wildman–Crippen MR) is 116 cm³/mol. The molecule has 1 aromatic heterocycles. The number of amides is 3. The van der Waals surface area contributed by atoms with Crippen molar-refractivity contribution >= 4 is 29.0 Å². The molecule has 0 aliphatic carbocycles. The highest BCUT2D eigenvalue weighted by Gasteiger charge is 2.21. The van der Waals surface area contributed by atoms with Crippen LogP contribution in [0, 0.1) is 6.92 Å². The minimum atomic E-state index is -0.126. The fourth-order valence-corrected chi connectivity index (χ4v) is 4.27. The standard InChI is InChI=1S/C22H22N4O2S/c1-15-20(16-5-3-2-4-6-16)25-19(29-15)11-12-23-21(27)17-7-9-18(10-8-17)26-14-13-24-22(26)28/h2-10H,11-14H2,1H3,(H,23,27)(H,24,28). The molecule has 29 heavy (non-hydrogen) atoms. The molecule has 7 heteroatoms. The van der Waals surface area contributed by atoms with Gasteiger partial charge >= 0.3 is 6.03 Å². The van der Waals surface area contributed by atoms with Crippen LogP contribution < -0.4 is 15.5 Å². The molecule has 3 aromatic rings. The van der Waals surface area contributed by atoms with Crippen molar-refractivity contribution in [1.82, 2.24) is 15.6 Å². The lowest BCUT2D eigenvalue weighted by atomic mass is 10.1. The van der Waals surface area contributed by atoms with Crippen molar-refractivity contribution in [3.8, 4) is 11.3 Å². The maximum Gasteiger partial charge on any atom is 0.321 e. The van der Waals surface area contributed by atoms with Crippen LogP contribution in [0.5, 0.6) is 0 Å². The van der Waals surface area contributed by atoms with E-state index >= 15 is 0 Å². The molecule has 0 radical (unpaired) electrons. The summed E-state index contributed by atoms with van der Waals surface area (Å²) in [6.45, 7) is 3.88. The quantitative estimate of drug-likeness (QED) is 0.657. The zero-order chi connectivity index (χ0) is 20.2. The first-order valence-electron chi connectivity index (χ1n) is 9.57. The number of aromatic nitrogens is 1. The van der Waals surface area contributed by atoms with E-state index in [-0.39, 0.29) is 11.9 Å². The molecule has 2 N–H and O–H groups in total. The second-order valence-corrected chi connectivity index (χ2v) is 8.10.